The van der Waals surface area contributed by atoms with E-state index in [4.69, 9.17) is 16.0 Å². The number of carbonyl (C=O) groups is 1. The van der Waals surface area contributed by atoms with Gasteiger partial charge in [0.1, 0.15) is 5.76 Å². The molecule has 1 aromatic heterocycles. The predicted molar refractivity (Wildman–Crippen MR) is 65.3 cm³/mol. The maximum atomic E-state index is 12.1. The highest BCUT2D eigenvalue weighted by atomic mass is 35.5. The summed E-state index contributed by atoms with van der Waals surface area (Å²) >= 11 is 5.80. The zero-order chi connectivity index (χ0) is 11.8. The van der Waals surface area contributed by atoms with Crippen LogP contribution in [0.1, 0.15) is 28.5 Å². The SMILES string of the molecule is O=C(c1ccc(Cl)cc1)C1CC1c1ccco1. The van der Waals surface area contributed by atoms with Crippen LogP contribution in [0, 0.1) is 5.92 Å². The summed E-state index contributed by atoms with van der Waals surface area (Å²) in [6.45, 7) is 0. The van der Waals surface area contributed by atoms with Crippen LogP contribution in [0.2, 0.25) is 5.02 Å². The van der Waals surface area contributed by atoms with Crippen molar-refractivity contribution in [2.75, 3.05) is 0 Å². The molecule has 1 saturated carbocycles. The van der Waals surface area contributed by atoms with Gasteiger partial charge in [-0.1, -0.05) is 11.6 Å². The molecule has 1 aromatic carbocycles. The summed E-state index contributed by atoms with van der Waals surface area (Å²) in [5.41, 5.74) is 0.730. The number of hydrogen-bond acceptors (Lipinski definition) is 2. The molecule has 86 valence electrons. The first kappa shape index (κ1) is 10.6. The van der Waals surface area contributed by atoms with E-state index < -0.39 is 0 Å². The van der Waals surface area contributed by atoms with Crippen molar-refractivity contribution in [3.05, 3.63) is 59.0 Å². The number of furan rings is 1. The molecule has 2 atom stereocenters. The second-order valence-electron chi connectivity index (χ2n) is 4.34. The van der Waals surface area contributed by atoms with Gasteiger partial charge >= 0.3 is 0 Å². The van der Waals surface area contributed by atoms with Gasteiger partial charge < -0.3 is 4.42 Å². The first-order valence-corrected chi connectivity index (χ1v) is 5.96. The van der Waals surface area contributed by atoms with Crippen LogP contribution in [0.4, 0.5) is 0 Å². The van der Waals surface area contributed by atoms with Crippen LogP contribution in [0.15, 0.2) is 47.1 Å². The summed E-state index contributed by atoms with van der Waals surface area (Å²) in [4.78, 5) is 12.1. The van der Waals surface area contributed by atoms with Gasteiger partial charge in [-0.15, -0.1) is 0 Å². The Kier molecular flexibility index (Phi) is 2.52. The molecule has 2 nitrogen and oxygen atoms in total. The number of Topliss-reactive ketones (excluding diaryl/α,β-unsaturated/α-hetero) is 1. The molecule has 3 rings (SSSR count). The van der Waals surface area contributed by atoms with E-state index >= 15 is 0 Å². The Morgan fingerprint density at radius 2 is 2.00 bits per heavy atom. The third-order valence-corrected chi connectivity index (χ3v) is 3.42. The third kappa shape index (κ3) is 2.01. The van der Waals surface area contributed by atoms with E-state index in [9.17, 15) is 4.79 Å². The van der Waals surface area contributed by atoms with Crippen molar-refractivity contribution in [3.63, 3.8) is 0 Å². The number of halogens is 1. The Hall–Kier alpha value is -1.54. The number of carbonyl (C=O) groups excluding carboxylic acids is 1. The Morgan fingerprint density at radius 3 is 2.65 bits per heavy atom. The van der Waals surface area contributed by atoms with Crippen LogP contribution in [-0.4, -0.2) is 5.78 Å². The molecule has 0 amide bonds. The second kappa shape index (κ2) is 4.04. The fourth-order valence-corrected chi connectivity index (χ4v) is 2.26. The average molecular weight is 247 g/mol. The molecule has 0 saturated heterocycles. The van der Waals surface area contributed by atoms with Crippen LogP contribution in [-0.2, 0) is 0 Å². The standard InChI is InChI=1S/C14H11ClO2/c15-10-5-3-9(4-6-10)14(16)12-8-11(12)13-2-1-7-17-13/h1-7,11-12H,8H2. The molecule has 0 N–H and O–H groups in total. The Morgan fingerprint density at radius 1 is 1.24 bits per heavy atom. The molecule has 1 heterocycles. The Bertz CT molecular complexity index is 528. The molecule has 1 fully saturated rings. The van der Waals surface area contributed by atoms with E-state index in [0.717, 1.165) is 17.7 Å². The lowest BCUT2D eigenvalue weighted by molar-refractivity contribution is 0.0964. The van der Waals surface area contributed by atoms with Gasteiger partial charge in [0.25, 0.3) is 0 Å². The number of ketones is 1. The Labute approximate surface area is 104 Å². The van der Waals surface area contributed by atoms with Gasteiger partial charge in [0.2, 0.25) is 0 Å². The second-order valence-corrected chi connectivity index (χ2v) is 4.77. The van der Waals surface area contributed by atoms with Gasteiger partial charge in [-0.05, 0) is 42.8 Å². The minimum Gasteiger partial charge on any atom is -0.469 e. The molecular formula is C14H11ClO2. The van der Waals surface area contributed by atoms with Crippen molar-refractivity contribution in [1.29, 1.82) is 0 Å². The van der Waals surface area contributed by atoms with Crippen molar-refractivity contribution >= 4 is 17.4 Å². The quantitative estimate of drug-likeness (QED) is 0.769. The van der Waals surface area contributed by atoms with Crippen molar-refractivity contribution in [2.24, 2.45) is 5.92 Å². The van der Waals surface area contributed by atoms with Crippen molar-refractivity contribution in [2.45, 2.75) is 12.3 Å². The molecule has 0 radical (unpaired) electrons. The summed E-state index contributed by atoms with van der Waals surface area (Å²) in [5, 5.41) is 0.653. The van der Waals surface area contributed by atoms with Gasteiger partial charge in [0, 0.05) is 22.4 Å². The van der Waals surface area contributed by atoms with Crippen molar-refractivity contribution in [3.8, 4) is 0 Å². The molecule has 1 aliphatic rings. The van der Waals surface area contributed by atoms with E-state index in [-0.39, 0.29) is 17.6 Å². The minimum atomic E-state index is 0.0716. The minimum absolute atomic E-state index is 0.0716. The lowest BCUT2D eigenvalue weighted by atomic mass is 10.1. The largest absolute Gasteiger partial charge is 0.469 e. The van der Waals surface area contributed by atoms with Crippen molar-refractivity contribution < 1.29 is 9.21 Å². The summed E-state index contributed by atoms with van der Waals surface area (Å²) in [7, 11) is 0. The smallest absolute Gasteiger partial charge is 0.166 e. The highest BCUT2D eigenvalue weighted by molar-refractivity contribution is 6.30. The monoisotopic (exact) mass is 246 g/mol. The van der Waals surface area contributed by atoms with Crippen LogP contribution >= 0.6 is 11.6 Å². The number of rotatable bonds is 3. The topological polar surface area (TPSA) is 30.2 Å². The molecule has 1 aliphatic carbocycles. The van der Waals surface area contributed by atoms with Gasteiger partial charge in [0.05, 0.1) is 6.26 Å². The third-order valence-electron chi connectivity index (χ3n) is 3.16. The average Bonchev–Trinajstić information content (AvgIpc) is 2.95. The van der Waals surface area contributed by atoms with Crippen molar-refractivity contribution in [1.82, 2.24) is 0 Å². The van der Waals surface area contributed by atoms with E-state index in [1.165, 1.54) is 0 Å². The molecule has 2 unspecified atom stereocenters. The zero-order valence-corrected chi connectivity index (χ0v) is 9.85. The molecule has 0 spiro atoms. The lowest BCUT2D eigenvalue weighted by Gasteiger charge is -1.99. The Balaban J connectivity index is 1.75. The fourth-order valence-electron chi connectivity index (χ4n) is 2.13. The number of benzene rings is 1. The first-order chi connectivity index (χ1) is 8.25. The normalized spacial score (nSPS) is 22.4. The van der Waals surface area contributed by atoms with Gasteiger partial charge in [-0.3, -0.25) is 4.79 Å². The molecule has 3 heteroatoms. The van der Waals surface area contributed by atoms with E-state index in [1.54, 1.807) is 30.5 Å². The first-order valence-electron chi connectivity index (χ1n) is 5.59. The van der Waals surface area contributed by atoms with Crippen LogP contribution in [0.5, 0.6) is 0 Å². The predicted octanol–water partition coefficient (Wildman–Crippen LogP) is 3.92. The van der Waals surface area contributed by atoms with Crippen LogP contribution in [0.25, 0.3) is 0 Å². The summed E-state index contributed by atoms with van der Waals surface area (Å²) in [6, 6.07) is 10.8. The van der Waals surface area contributed by atoms with Gasteiger partial charge in [0.15, 0.2) is 5.78 Å². The molecule has 2 aromatic rings. The van der Waals surface area contributed by atoms with Gasteiger partial charge in [-0.2, -0.15) is 0 Å². The maximum Gasteiger partial charge on any atom is 0.166 e. The van der Waals surface area contributed by atoms with E-state index in [1.807, 2.05) is 12.1 Å². The highest BCUT2D eigenvalue weighted by Gasteiger charge is 2.45. The molecule has 0 bridgehead atoms. The lowest BCUT2D eigenvalue weighted by Crippen LogP contribution is -2.02. The summed E-state index contributed by atoms with van der Waals surface area (Å²) < 4.78 is 5.32. The molecular weight excluding hydrogens is 236 g/mol. The maximum absolute atomic E-state index is 12.1. The molecule has 0 aliphatic heterocycles. The fraction of sp³-hybridized carbons (Fsp3) is 0.214. The summed E-state index contributed by atoms with van der Waals surface area (Å²) in [5.74, 6) is 1.43. The summed E-state index contributed by atoms with van der Waals surface area (Å²) in [6.07, 6.45) is 2.53. The number of hydrogen-bond donors (Lipinski definition) is 0. The highest BCUT2D eigenvalue weighted by Crippen LogP contribution is 2.49. The van der Waals surface area contributed by atoms with E-state index in [0.29, 0.717) is 5.02 Å². The zero-order valence-electron chi connectivity index (χ0n) is 9.10. The molecule has 17 heavy (non-hydrogen) atoms. The van der Waals surface area contributed by atoms with E-state index in [2.05, 4.69) is 0 Å². The van der Waals surface area contributed by atoms with Crippen LogP contribution < -0.4 is 0 Å². The van der Waals surface area contributed by atoms with Crippen LogP contribution in [0.3, 0.4) is 0 Å². The van der Waals surface area contributed by atoms with Gasteiger partial charge in [-0.25, -0.2) is 0 Å².